The molecule has 0 radical (unpaired) electrons. The first-order valence-electron chi connectivity index (χ1n) is 4.12. The number of nitrogens with two attached hydrogens (primary N) is 1. The number of halogens is 1. The van der Waals surface area contributed by atoms with Gasteiger partial charge in [0.25, 0.3) is 0 Å². The maximum absolute atomic E-state index is 12.5. The summed E-state index contributed by atoms with van der Waals surface area (Å²) in [5, 5.41) is 0. The van der Waals surface area contributed by atoms with Gasteiger partial charge in [-0.25, -0.2) is 4.39 Å². The summed E-state index contributed by atoms with van der Waals surface area (Å²) in [4.78, 5) is 11.8. The Hall–Kier alpha value is -1.32. The standard InChI is InChI=1S/C9H13FN2O/c1-7(11)3-2-4-12(6-13)9-5-8(9)10/h2-4,6,8-9H,5,11H2,1H3/b4-2-,7-3+. The molecular weight excluding hydrogens is 171 g/mol. The van der Waals surface area contributed by atoms with Crippen LogP contribution in [0.2, 0.25) is 0 Å². The minimum absolute atomic E-state index is 0.264. The Balaban J connectivity index is 2.45. The van der Waals surface area contributed by atoms with Gasteiger partial charge >= 0.3 is 0 Å². The average molecular weight is 184 g/mol. The molecule has 0 heterocycles. The minimum atomic E-state index is -0.863. The van der Waals surface area contributed by atoms with Gasteiger partial charge in [-0.2, -0.15) is 0 Å². The average Bonchev–Trinajstić information content (AvgIpc) is 2.76. The van der Waals surface area contributed by atoms with Gasteiger partial charge in [0.05, 0.1) is 6.04 Å². The van der Waals surface area contributed by atoms with Crippen molar-refractivity contribution in [2.24, 2.45) is 5.73 Å². The molecule has 0 aromatic rings. The Bertz CT molecular complexity index is 246. The van der Waals surface area contributed by atoms with E-state index >= 15 is 0 Å². The predicted molar refractivity (Wildman–Crippen MR) is 48.3 cm³/mol. The lowest BCUT2D eigenvalue weighted by atomic mass is 10.4. The van der Waals surface area contributed by atoms with E-state index in [9.17, 15) is 9.18 Å². The third-order valence-electron chi connectivity index (χ3n) is 1.80. The van der Waals surface area contributed by atoms with Crippen molar-refractivity contribution in [1.82, 2.24) is 4.90 Å². The summed E-state index contributed by atoms with van der Waals surface area (Å²) in [6, 6.07) is -0.264. The highest BCUT2D eigenvalue weighted by Crippen LogP contribution is 2.30. The molecule has 1 aliphatic rings. The molecule has 1 saturated carbocycles. The number of carbonyl (C=O) groups excluding carboxylic acids is 1. The van der Waals surface area contributed by atoms with Crippen molar-refractivity contribution >= 4 is 6.41 Å². The second-order valence-corrected chi connectivity index (χ2v) is 3.12. The van der Waals surface area contributed by atoms with E-state index in [4.69, 9.17) is 5.73 Å². The van der Waals surface area contributed by atoms with E-state index < -0.39 is 6.17 Å². The highest BCUT2D eigenvalue weighted by Gasteiger charge is 2.41. The van der Waals surface area contributed by atoms with E-state index in [1.807, 2.05) is 0 Å². The van der Waals surface area contributed by atoms with Crippen LogP contribution in [0.15, 0.2) is 24.0 Å². The van der Waals surface area contributed by atoms with Crippen molar-refractivity contribution in [2.75, 3.05) is 0 Å². The summed E-state index contributed by atoms with van der Waals surface area (Å²) in [7, 11) is 0. The lowest BCUT2D eigenvalue weighted by Gasteiger charge is -2.08. The SMILES string of the molecule is C/C(N)=C\C=C/N(C=O)C1CC1F. The molecule has 13 heavy (non-hydrogen) atoms. The van der Waals surface area contributed by atoms with Crippen LogP contribution >= 0.6 is 0 Å². The van der Waals surface area contributed by atoms with Gasteiger partial charge in [0.2, 0.25) is 6.41 Å². The van der Waals surface area contributed by atoms with Crippen LogP contribution < -0.4 is 5.73 Å². The van der Waals surface area contributed by atoms with Crippen LogP contribution in [-0.4, -0.2) is 23.5 Å². The Morgan fingerprint density at radius 3 is 2.69 bits per heavy atom. The quantitative estimate of drug-likeness (QED) is 0.522. The molecule has 2 N–H and O–H groups in total. The number of rotatable bonds is 4. The Morgan fingerprint density at radius 2 is 2.31 bits per heavy atom. The van der Waals surface area contributed by atoms with Crippen LogP contribution in [0.4, 0.5) is 4.39 Å². The summed E-state index contributed by atoms with van der Waals surface area (Å²) < 4.78 is 12.5. The van der Waals surface area contributed by atoms with Crippen molar-refractivity contribution in [1.29, 1.82) is 0 Å². The maximum atomic E-state index is 12.5. The van der Waals surface area contributed by atoms with E-state index in [0.717, 1.165) is 0 Å². The molecule has 2 unspecified atom stereocenters. The molecule has 0 saturated heterocycles. The molecule has 1 fully saturated rings. The Kier molecular flexibility index (Phi) is 3.06. The zero-order valence-electron chi connectivity index (χ0n) is 7.48. The summed E-state index contributed by atoms with van der Waals surface area (Å²) in [6.45, 7) is 1.74. The summed E-state index contributed by atoms with van der Waals surface area (Å²) in [5.41, 5.74) is 6.02. The van der Waals surface area contributed by atoms with Crippen LogP contribution in [0.5, 0.6) is 0 Å². The van der Waals surface area contributed by atoms with Crippen LogP contribution in [0.1, 0.15) is 13.3 Å². The third-order valence-corrected chi connectivity index (χ3v) is 1.80. The Labute approximate surface area is 76.7 Å². The van der Waals surface area contributed by atoms with Crippen molar-refractivity contribution in [2.45, 2.75) is 25.6 Å². The summed E-state index contributed by atoms with van der Waals surface area (Å²) in [6.07, 6.45) is 5.03. The fourth-order valence-electron chi connectivity index (χ4n) is 0.979. The number of hydrogen-bond acceptors (Lipinski definition) is 2. The molecule has 72 valence electrons. The van der Waals surface area contributed by atoms with Gasteiger partial charge in [0.1, 0.15) is 6.17 Å². The molecule has 1 rings (SSSR count). The number of carbonyl (C=O) groups is 1. The van der Waals surface area contributed by atoms with E-state index in [1.165, 1.54) is 11.1 Å². The molecule has 3 nitrogen and oxygen atoms in total. The molecule has 1 amide bonds. The largest absolute Gasteiger partial charge is 0.402 e. The molecule has 0 aromatic heterocycles. The second kappa shape index (κ2) is 4.07. The zero-order chi connectivity index (χ0) is 9.84. The van der Waals surface area contributed by atoms with Crippen LogP contribution in [0, 0.1) is 0 Å². The fourth-order valence-corrected chi connectivity index (χ4v) is 0.979. The molecule has 0 aliphatic heterocycles. The second-order valence-electron chi connectivity index (χ2n) is 3.12. The predicted octanol–water partition coefficient (Wildman–Crippen LogP) is 0.931. The molecular formula is C9H13FN2O. The van der Waals surface area contributed by atoms with Crippen molar-refractivity contribution < 1.29 is 9.18 Å². The molecule has 0 aromatic carbocycles. The van der Waals surface area contributed by atoms with Gasteiger partial charge in [-0.1, -0.05) is 0 Å². The topological polar surface area (TPSA) is 46.3 Å². The maximum Gasteiger partial charge on any atom is 0.214 e. The minimum Gasteiger partial charge on any atom is -0.402 e. The molecule has 0 bridgehead atoms. The number of allylic oxidation sites excluding steroid dienone is 3. The smallest absolute Gasteiger partial charge is 0.214 e. The number of nitrogens with zero attached hydrogens (tertiary/aromatic N) is 1. The summed E-state index contributed by atoms with van der Waals surface area (Å²) in [5.74, 6) is 0. The van der Waals surface area contributed by atoms with Crippen LogP contribution in [0.3, 0.4) is 0 Å². The van der Waals surface area contributed by atoms with Crippen LogP contribution in [0.25, 0.3) is 0 Å². The number of alkyl halides is 1. The monoisotopic (exact) mass is 184 g/mol. The molecule has 4 heteroatoms. The van der Waals surface area contributed by atoms with E-state index in [0.29, 0.717) is 18.5 Å². The van der Waals surface area contributed by atoms with E-state index in [2.05, 4.69) is 0 Å². The van der Waals surface area contributed by atoms with E-state index in [-0.39, 0.29) is 6.04 Å². The first-order chi connectivity index (χ1) is 6.15. The Morgan fingerprint density at radius 1 is 1.69 bits per heavy atom. The van der Waals surface area contributed by atoms with Crippen molar-refractivity contribution in [3.8, 4) is 0 Å². The van der Waals surface area contributed by atoms with Crippen LogP contribution in [-0.2, 0) is 4.79 Å². The van der Waals surface area contributed by atoms with Crippen molar-refractivity contribution in [3.05, 3.63) is 24.0 Å². The zero-order valence-corrected chi connectivity index (χ0v) is 7.48. The summed E-state index contributed by atoms with van der Waals surface area (Å²) >= 11 is 0. The van der Waals surface area contributed by atoms with Gasteiger partial charge in [-0.3, -0.25) is 4.79 Å². The molecule has 2 atom stereocenters. The normalized spacial score (nSPS) is 27.7. The molecule has 1 aliphatic carbocycles. The van der Waals surface area contributed by atoms with Crippen molar-refractivity contribution in [3.63, 3.8) is 0 Å². The first kappa shape index (κ1) is 9.77. The molecule has 0 spiro atoms. The third kappa shape index (κ3) is 2.89. The van der Waals surface area contributed by atoms with Gasteiger partial charge in [0.15, 0.2) is 0 Å². The number of amides is 1. The first-order valence-corrected chi connectivity index (χ1v) is 4.12. The van der Waals surface area contributed by atoms with Gasteiger partial charge < -0.3 is 10.6 Å². The lowest BCUT2D eigenvalue weighted by Crippen LogP contribution is -2.19. The van der Waals surface area contributed by atoms with Gasteiger partial charge in [-0.05, 0) is 19.1 Å². The van der Waals surface area contributed by atoms with Gasteiger partial charge in [0, 0.05) is 18.3 Å². The highest BCUT2D eigenvalue weighted by atomic mass is 19.1. The van der Waals surface area contributed by atoms with E-state index in [1.54, 1.807) is 19.1 Å². The number of hydrogen-bond donors (Lipinski definition) is 1. The lowest BCUT2D eigenvalue weighted by molar-refractivity contribution is -0.116. The highest BCUT2D eigenvalue weighted by molar-refractivity contribution is 5.51. The fraction of sp³-hybridized carbons (Fsp3) is 0.444. The van der Waals surface area contributed by atoms with Gasteiger partial charge in [-0.15, -0.1) is 0 Å².